The van der Waals surface area contributed by atoms with E-state index in [0.29, 0.717) is 6.04 Å². The van der Waals surface area contributed by atoms with E-state index in [1.165, 1.54) is 5.56 Å². The standard InChI is InChI=1S/C14H20N2/c1-5-6-7-8-14(15-4)13-9-11(2)16-12(3)10-13/h1,9-10,14-15H,6-8H2,2-4H3. The highest BCUT2D eigenvalue weighted by atomic mass is 14.9. The first-order chi connectivity index (χ1) is 7.67. The summed E-state index contributed by atoms with van der Waals surface area (Å²) in [6, 6.07) is 4.67. The molecule has 16 heavy (non-hydrogen) atoms. The molecule has 1 aromatic heterocycles. The van der Waals surface area contributed by atoms with E-state index in [1.807, 2.05) is 20.9 Å². The van der Waals surface area contributed by atoms with Crippen molar-refractivity contribution in [3.05, 3.63) is 29.1 Å². The predicted molar refractivity (Wildman–Crippen MR) is 68.2 cm³/mol. The molecule has 86 valence electrons. The van der Waals surface area contributed by atoms with Crippen LogP contribution in [0.1, 0.15) is 42.3 Å². The van der Waals surface area contributed by atoms with Crippen molar-refractivity contribution in [2.75, 3.05) is 7.05 Å². The van der Waals surface area contributed by atoms with Gasteiger partial charge in [0.2, 0.25) is 0 Å². The molecule has 2 nitrogen and oxygen atoms in total. The molecule has 1 atom stereocenters. The molecular formula is C14H20N2. The van der Waals surface area contributed by atoms with Crippen LogP contribution in [0.15, 0.2) is 12.1 Å². The van der Waals surface area contributed by atoms with Gasteiger partial charge in [-0.25, -0.2) is 0 Å². The van der Waals surface area contributed by atoms with Crippen molar-refractivity contribution in [1.29, 1.82) is 0 Å². The largest absolute Gasteiger partial charge is 0.313 e. The van der Waals surface area contributed by atoms with E-state index >= 15 is 0 Å². The lowest BCUT2D eigenvalue weighted by atomic mass is 10.0. The summed E-state index contributed by atoms with van der Waals surface area (Å²) < 4.78 is 0. The number of nitrogens with zero attached hydrogens (tertiary/aromatic N) is 1. The second-order valence-electron chi connectivity index (χ2n) is 4.12. The molecule has 1 unspecified atom stereocenters. The number of terminal acetylenes is 1. The summed E-state index contributed by atoms with van der Waals surface area (Å²) in [5.41, 5.74) is 3.46. The van der Waals surface area contributed by atoms with E-state index in [9.17, 15) is 0 Å². The van der Waals surface area contributed by atoms with Crippen molar-refractivity contribution < 1.29 is 0 Å². The zero-order valence-corrected chi connectivity index (χ0v) is 10.4. The molecule has 1 rings (SSSR count). The van der Waals surface area contributed by atoms with Crippen LogP contribution < -0.4 is 5.32 Å². The summed E-state index contributed by atoms with van der Waals surface area (Å²) in [6.45, 7) is 4.06. The minimum absolute atomic E-state index is 0.383. The van der Waals surface area contributed by atoms with Crippen molar-refractivity contribution in [2.45, 2.75) is 39.2 Å². The van der Waals surface area contributed by atoms with Crippen molar-refractivity contribution in [3.8, 4) is 12.3 Å². The van der Waals surface area contributed by atoms with E-state index < -0.39 is 0 Å². The van der Waals surface area contributed by atoms with Crippen LogP contribution in [-0.4, -0.2) is 12.0 Å². The topological polar surface area (TPSA) is 24.9 Å². The molecule has 0 spiro atoms. The number of nitrogens with one attached hydrogen (secondary N) is 1. The molecule has 0 fully saturated rings. The first-order valence-electron chi connectivity index (χ1n) is 5.73. The van der Waals surface area contributed by atoms with Gasteiger partial charge in [-0.1, -0.05) is 0 Å². The average Bonchev–Trinajstić information content (AvgIpc) is 2.23. The van der Waals surface area contributed by atoms with Crippen LogP contribution in [0.25, 0.3) is 0 Å². The normalized spacial score (nSPS) is 12.1. The Morgan fingerprint density at radius 1 is 1.38 bits per heavy atom. The summed E-state index contributed by atoms with van der Waals surface area (Å²) >= 11 is 0. The van der Waals surface area contributed by atoms with Crippen molar-refractivity contribution >= 4 is 0 Å². The van der Waals surface area contributed by atoms with Gasteiger partial charge in [0.1, 0.15) is 0 Å². The molecule has 1 N–H and O–H groups in total. The van der Waals surface area contributed by atoms with Gasteiger partial charge in [-0.05, 0) is 51.4 Å². The SMILES string of the molecule is C#CCCCC(NC)c1cc(C)nc(C)c1. The lowest BCUT2D eigenvalue weighted by molar-refractivity contribution is 0.531. The highest BCUT2D eigenvalue weighted by Gasteiger charge is 2.09. The number of rotatable bonds is 5. The lowest BCUT2D eigenvalue weighted by Gasteiger charge is -2.17. The van der Waals surface area contributed by atoms with Crippen LogP contribution in [0.5, 0.6) is 0 Å². The Morgan fingerprint density at radius 2 is 2.00 bits per heavy atom. The van der Waals surface area contributed by atoms with Crippen LogP contribution in [0.3, 0.4) is 0 Å². The van der Waals surface area contributed by atoms with E-state index in [1.54, 1.807) is 0 Å². The van der Waals surface area contributed by atoms with E-state index in [4.69, 9.17) is 6.42 Å². The van der Waals surface area contributed by atoms with Crippen molar-refractivity contribution in [1.82, 2.24) is 10.3 Å². The maximum atomic E-state index is 5.26. The second kappa shape index (κ2) is 6.30. The van der Waals surface area contributed by atoms with Crippen LogP contribution in [0.2, 0.25) is 0 Å². The van der Waals surface area contributed by atoms with Crippen molar-refractivity contribution in [2.24, 2.45) is 0 Å². The Labute approximate surface area is 98.5 Å². The van der Waals surface area contributed by atoms with Gasteiger partial charge in [0.15, 0.2) is 0 Å². The van der Waals surface area contributed by atoms with Gasteiger partial charge in [0.25, 0.3) is 0 Å². The number of aromatic nitrogens is 1. The average molecular weight is 216 g/mol. The summed E-state index contributed by atoms with van der Waals surface area (Å²) in [5, 5.41) is 3.34. The van der Waals surface area contributed by atoms with Gasteiger partial charge in [-0.2, -0.15) is 0 Å². The van der Waals surface area contributed by atoms with Gasteiger partial charge in [-0.3, -0.25) is 4.98 Å². The molecule has 0 saturated carbocycles. The third-order valence-corrected chi connectivity index (χ3v) is 2.67. The second-order valence-corrected chi connectivity index (χ2v) is 4.12. The molecule has 2 heteroatoms. The molecule has 0 radical (unpaired) electrons. The number of pyridine rings is 1. The molecular weight excluding hydrogens is 196 g/mol. The molecule has 0 bridgehead atoms. The molecule has 0 aliphatic carbocycles. The fraction of sp³-hybridized carbons (Fsp3) is 0.500. The highest BCUT2D eigenvalue weighted by molar-refractivity contribution is 5.23. The third kappa shape index (κ3) is 3.67. The lowest BCUT2D eigenvalue weighted by Crippen LogP contribution is -2.16. The zero-order chi connectivity index (χ0) is 12.0. The molecule has 0 aliphatic rings. The zero-order valence-electron chi connectivity index (χ0n) is 10.4. The molecule has 0 saturated heterocycles. The molecule has 1 heterocycles. The maximum absolute atomic E-state index is 5.26. The minimum Gasteiger partial charge on any atom is -0.313 e. The first kappa shape index (κ1) is 12.7. The summed E-state index contributed by atoms with van der Waals surface area (Å²) in [5.74, 6) is 2.68. The van der Waals surface area contributed by atoms with Gasteiger partial charge >= 0.3 is 0 Å². The van der Waals surface area contributed by atoms with E-state index in [2.05, 4.69) is 28.4 Å². The highest BCUT2D eigenvalue weighted by Crippen LogP contribution is 2.20. The quantitative estimate of drug-likeness (QED) is 0.604. The van der Waals surface area contributed by atoms with Gasteiger partial charge in [0, 0.05) is 23.9 Å². The Kier molecular flexibility index (Phi) is 5.01. The maximum Gasteiger partial charge on any atom is 0.0379 e. The monoisotopic (exact) mass is 216 g/mol. The number of hydrogen-bond donors (Lipinski definition) is 1. The smallest absolute Gasteiger partial charge is 0.0379 e. The Bertz CT molecular complexity index is 357. The first-order valence-corrected chi connectivity index (χ1v) is 5.73. The van der Waals surface area contributed by atoms with Gasteiger partial charge in [-0.15, -0.1) is 12.3 Å². The van der Waals surface area contributed by atoms with Gasteiger partial charge in [0.05, 0.1) is 0 Å². The van der Waals surface area contributed by atoms with Crippen LogP contribution in [-0.2, 0) is 0 Å². The summed E-state index contributed by atoms with van der Waals surface area (Å²) in [6.07, 6.45) is 8.24. The molecule has 0 aromatic carbocycles. The fourth-order valence-electron chi connectivity index (χ4n) is 1.95. The van der Waals surface area contributed by atoms with Crippen LogP contribution >= 0.6 is 0 Å². The molecule has 0 amide bonds. The molecule has 0 aliphatic heterocycles. The summed E-state index contributed by atoms with van der Waals surface area (Å²) in [7, 11) is 1.99. The third-order valence-electron chi connectivity index (χ3n) is 2.67. The Balaban J connectivity index is 2.74. The van der Waals surface area contributed by atoms with Crippen LogP contribution in [0.4, 0.5) is 0 Å². The van der Waals surface area contributed by atoms with Crippen LogP contribution in [0, 0.1) is 26.2 Å². The van der Waals surface area contributed by atoms with Crippen molar-refractivity contribution in [3.63, 3.8) is 0 Å². The Morgan fingerprint density at radius 3 is 2.50 bits per heavy atom. The number of unbranched alkanes of at least 4 members (excludes halogenated alkanes) is 1. The van der Waals surface area contributed by atoms with Gasteiger partial charge < -0.3 is 5.32 Å². The minimum atomic E-state index is 0.383. The summed E-state index contributed by atoms with van der Waals surface area (Å²) in [4.78, 5) is 4.39. The number of aryl methyl sites for hydroxylation is 2. The van der Waals surface area contributed by atoms with E-state index in [-0.39, 0.29) is 0 Å². The molecule has 1 aromatic rings. The fourth-order valence-corrected chi connectivity index (χ4v) is 1.95. The predicted octanol–water partition coefficient (Wildman–Crippen LogP) is 2.76. The number of hydrogen-bond acceptors (Lipinski definition) is 2. The van der Waals surface area contributed by atoms with E-state index in [0.717, 1.165) is 30.7 Å². The Hall–Kier alpha value is -1.33.